The van der Waals surface area contributed by atoms with Gasteiger partial charge < -0.3 is 5.11 Å². The fourth-order valence-corrected chi connectivity index (χ4v) is 4.72. The van der Waals surface area contributed by atoms with E-state index in [1.165, 1.54) is 4.68 Å². The molecule has 26 heavy (non-hydrogen) atoms. The lowest BCUT2D eigenvalue weighted by molar-refractivity contribution is 0.201. The maximum atomic E-state index is 12.6. The van der Waals surface area contributed by atoms with E-state index in [1.54, 1.807) is 31.2 Å². The predicted molar refractivity (Wildman–Crippen MR) is 102 cm³/mol. The van der Waals surface area contributed by atoms with Gasteiger partial charge in [0.25, 0.3) is 0 Å². The molecule has 0 aliphatic carbocycles. The highest BCUT2D eigenvalue weighted by atomic mass is 35.5. The van der Waals surface area contributed by atoms with Gasteiger partial charge in [0.05, 0.1) is 29.0 Å². The normalized spacial score (nSPS) is 12.9. The summed E-state index contributed by atoms with van der Waals surface area (Å²) < 4.78 is 26.7. The highest BCUT2D eigenvalue weighted by molar-refractivity contribution is 7.90. The highest BCUT2D eigenvalue weighted by Gasteiger charge is 2.24. The number of nitrogens with zero attached hydrogens (tertiary/aromatic N) is 2. The first kappa shape index (κ1) is 18.6. The van der Waals surface area contributed by atoms with Crippen LogP contribution in [0.25, 0.3) is 5.69 Å². The molecule has 5 nitrogen and oxygen atoms in total. The first-order valence-corrected chi connectivity index (χ1v) is 10.3. The van der Waals surface area contributed by atoms with Crippen LogP contribution in [0.15, 0.2) is 60.7 Å². The third kappa shape index (κ3) is 4.15. The molecule has 3 rings (SSSR count). The van der Waals surface area contributed by atoms with Crippen molar-refractivity contribution in [1.29, 1.82) is 0 Å². The second-order valence-corrected chi connectivity index (χ2v) is 8.55. The van der Waals surface area contributed by atoms with Crippen LogP contribution in [0, 0.1) is 6.92 Å². The lowest BCUT2D eigenvalue weighted by Gasteiger charge is -2.11. The zero-order chi connectivity index (χ0) is 18.7. The highest BCUT2D eigenvalue weighted by Crippen LogP contribution is 2.26. The van der Waals surface area contributed by atoms with Crippen molar-refractivity contribution >= 4 is 21.4 Å². The van der Waals surface area contributed by atoms with Crippen molar-refractivity contribution in [3.8, 4) is 5.69 Å². The minimum absolute atomic E-state index is 0.269. The van der Waals surface area contributed by atoms with E-state index in [-0.39, 0.29) is 16.7 Å². The summed E-state index contributed by atoms with van der Waals surface area (Å²) in [4.78, 5) is 0. The Morgan fingerprint density at radius 1 is 1.08 bits per heavy atom. The molecule has 1 aromatic heterocycles. The SMILES string of the molecule is Cc1nn(-c2ccccc2)c(Cl)c1CS(=O)(=O)C[C@@H](O)c1ccccc1. The third-order valence-electron chi connectivity index (χ3n) is 4.08. The number of aromatic nitrogens is 2. The number of aliphatic hydroxyl groups excluding tert-OH is 1. The largest absolute Gasteiger partial charge is 0.387 e. The molecule has 136 valence electrons. The number of para-hydroxylation sites is 1. The molecular formula is C19H19ClN2O3S. The smallest absolute Gasteiger partial charge is 0.157 e. The van der Waals surface area contributed by atoms with Crippen LogP contribution in [0.5, 0.6) is 0 Å². The Labute approximate surface area is 157 Å². The van der Waals surface area contributed by atoms with Gasteiger partial charge in [0, 0.05) is 5.56 Å². The van der Waals surface area contributed by atoms with Gasteiger partial charge in [-0.3, -0.25) is 0 Å². The van der Waals surface area contributed by atoms with E-state index >= 15 is 0 Å². The van der Waals surface area contributed by atoms with E-state index in [1.807, 2.05) is 36.4 Å². The molecule has 1 N–H and O–H groups in total. The summed E-state index contributed by atoms with van der Waals surface area (Å²) in [5, 5.41) is 14.9. The Morgan fingerprint density at radius 3 is 2.27 bits per heavy atom. The zero-order valence-corrected chi connectivity index (χ0v) is 15.8. The van der Waals surface area contributed by atoms with Crippen LogP contribution >= 0.6 is 11.6 Å². The van der Waals surface area contributed by atoms with Gasteiger partial charge in [0.15, 0.2) is 9.84 Å². The summed E-state index contributed by atoms with van der Waals surface area (Å²) >= 11 is 6.40. The first-order valence-electron chi connectivity index (χ1n) is 8.10. The number of hydrogen-bond donors (Lipinski definition) is 1. The Bertz CT molecular complexity index is 986. The van der Waals surface area contributed by atoms with Crippen molar-refractivity contribution in [2.45, 2.75) is 18.8 Å². The Hall–Kier alpha value is -2.15. The quantitative estimate of drug-likeness (QED) is 0.699. The number of sulfone groups is 1. The van der Waals surface area contributed by atoms with Gasteiger partial charge in [-0.2, -0.15) is 5.10 Å². The fourth-order valence-electron chi connectivity index (χ4n) is 2.73. The number of aryl methyl sites for hydroxylation is 1. The summed E-state index contributed by atoms with van der Waals surface area (Å²) in [5.74, 6) is -0.641. The number of rotatable bonds is 6. The topological polar surface area (TPSA) is 72.2 Å². The van der Waals surface area contributed by atoms with E-state index in [2.05, 4.69) is 5.10 Å². The van der Waals surface area contributed by atoms with Crippen LogP contribution in [-0.4, -0.2) is 29.1 Å². The van der Waals surface area contributed by atoms with E-state index in [0.717, 1.165) is 5.69 Å². The van der Waals surface area contributed by atoms with Crippen LogP contribution in [-0.2, 0) is 15.6 Å². The molecule has 1 atom stereocenters. The van der Waals surface area contributed by atoms with Crippen LogP contribution in [0.4, 0.5) is 0 Å². The molecule has 0 unspecified atom stereocenters. The van der Waals surface area contributed by atoms with Crippen LogP contribution < -0.4 is 0 Å². The van der Waals surface area contributed by atoms with Gasteiger partial charge in [-0.15, -0.1) is 0 Å². The molecule has 2 aromatic carbocycles. The predicted octanol–water partition coefficient (Wildman–Crippen LogP) is 3.48. The van der Waals surface area contributed by atoms with Crippen LogP contribution in [0.1, 0.15) is 22.9 Å². The molecule has 1 heterocycles. The van der Waals surface area contributed by atoms with E-state index in [9.17, 15) is 13.5 Å². The van der Waals surface area contributed by atoms with Gasteiger partial charge in [-0.05, 0) is 24.6 Å². The molecule has 0 saturated carbocycles. The minimum atomic E-state index is -3.58. The van der Waals surface area contributed by atoms with Gasteiger partial charge in [-0.1, -0.05) is 60.1 Å². The second-order valence-electron chi connectivity index (χ2n) is 6.08. The molecule has 0 bridgehead atoms. The molecule has 0 saturated heterocycles. The molecule has 0 amide bonds. The molecule has 3 aromatic rings. The van der Waals surface area contributed by atoms with Crippen molar-refractivity contribution in [2.75, 3.05) is 5.75 Å². The van der Waals surface area contributed by atoms with E-state index < -0.39 is 15.9 Å². The summed E-state index contributed by atoms with van der Waals surface area (Å²) in [7, 11) is -3.58. The minimum Gasteiger partial charge on any atom is -0.387 e. The standard InChI is InChI=1S/C19H19ClN2O3S/c1-14-17(19(20)22(21-14)16-10-6-3-7-11-16)12-26(24,25)13-18(23)15-8-4-2-5-9-15/h2-11,18,23H,12-13H2,1H3/t18-/m1/s1. The van der Waals surface area contributed by atoms with Gasteiger partial charge in [0.1, 0.15) is 5.15 Å². The maximum Gasteiger partial charge on any atom is 0.157 e. The summed E-state index contributed by atoms with van der Waals surface area (Å²) in [6.45, 7) is 1.73. The van der Waals surface area contributed by atoms with Crippen molar-refractivity contribution in [3.63, 3.8) is 0 Å². The number of hydrogen-bond acceptors (Lipinski definition) is 4. The van der Waals surface area contributed by atoms with Crippen molar-refractivity contribution in [3.05, 3.63) is 82.6 Å². The molecule has 0 aliphatic heterocycles. The number of benzene rings is 2. The Balaban J connectivity index is 1.83. The molecule has 7 heteroatoms. The zero-order valence-electron chi connectivity index (χ0n) is 14.2. The Morgan fingerprint density at radius 2 is 1.65 bits per heavy atom. The average Bonchev–Trinajstić information content (AvgIpc) is 2.90. The summed E-state index contributed by atoms with van der Waals surface area (Å²) in [6.07, 6.45) is -1.08. The second kappa shape index (κ2) is 7.61. The first-order chi connectivity index (χ1) is 12.4. The molecule has 0 fully saturated rings. The Kier molecular flexibility index (Phi) is 5.46. The molecule has 0 radical (unpaired) electrons. The van der Waals surface area contributed by atoms with E-state index in [0.29, 0.717) is 16.8 Å². The van der Waals surface area contributed by atoms with Crippen molar-refractivity contribution < 1.29 is 13.5 Å². The van der Waals surface area contributed by atoms with Crippen LogP contribution in [0.3, 0.4) is 0 Å². The average molecular weight is 391 g/mol. The fraction of sp³-hybridized carbons (Fsp3) is 0.211. The number of halogens is 1. The number of aliphatic hydroxyl groups is 1. The molecular weight excluding hydrogens is 372 g/mol. The maximum absolute atomic E-state index is 12.6. The molecule has 0 spiro atoms. The summed E-state index contributed by atoms with van der Waals surface area (Å²) in [6, 6.07) is 18.0. The van der Waals surface area contributed by atoms with Crippen LogP contribution in [0.2, 0.25) is 5.15 Å². The third-order valence-corrected chi connectivity index (χ3v) is 6.02. The van der Waals surface area contributed by atoms with Gasteiger partial charge >= 0.3 is 0 Å². The van der Waals surface area contributed by atoms with Gasteiger partial charge in [0.2, 0.25) is 0 Å². The van der Waals surface area contributed by atoms with E-state index in [4.69, 9.17) is 11.6 Å². The lowest BCUT2D eigenvalue weighted by atomic mass is 10.1. The van der Waals surface area contributed by atoms with Gasteiger partial charge in [-0.25, -0.2) is 13.1 Å². The molecule has 0 aliphatic rings. The van der Waals surface area contributed by atoms with Crippen molar-refractivity contribution in [1.82, 2.24) is 9.78 Å². The van der Waals surface area contributed by atoms with Crippen molar-refractivity contribution in [2.24, 2.45) is 0 Å². The lowest BCUT2D eigenvalue weighted by Crippen LogP contribution is -2.16. The summed E-state index contributed by atoms with van der Waals surface area (Å²) in [5.41, 5.74) is 2.33. The monoisotopic (exact) mass is 390 g/mol.